The molecular weight excluding hydrogens is 409 g/mol. The van der Waals surface area contributed by atoms with Crippen LogP contribution in [0, 0.1) is 12.8 Å². The Kier molecular flexibility index (Phi) is 11.5. The molecule has 2 saturated heterocycles. The van der Waals surface area contributed by atoms with Crippen molar-refractivity contribution in [2.75, 3.05) is 18.0 Å². The molecular formula is C25H40FN3O3. The number of aryl methyl sites for hydroxylation is 1. The van der Waals surface area contributed by atoms with Crippen LogP contribution in [0.2, 0.25) is 0 Å². The smallest absolute Gasteiger partial charge is 0.249 e. The lowest BCUT2D eigenvalue weighted by molar-refractivity contribution is -0.135. The number of carbonyl (C=O) groups excluding carboxylic acids is 3. The Labute approximate surface area is 192 Å². The summed E-state index contributed by atoms with van der Waals surface area (Å²) >= 11 is 0. The molecule has 0 aromatic heterocycles. The molecule has 180 valence electrons. The molecule has 3 amide bonds. The molecule has 3 rings (SSSR count). The first-order valence-corrected chi connectivity index (χ1v) is 11.7. The zero-order valence-electron chi connectivity index (χ0n) is 20.6. The Hall–Kier alpha value is -2.28. The van der Waals surface area contributed by atoms with Gasteiger partial charge in [-0.25, -0.2) is 4.39 Å². The molecule has 2 aliphatic heterocycles. The summed E-state index contributed by atoms with van der Waals surface area (Å²) in [6, 6.07) is 4.82. The lowest BCUT2D eigenvalue weighted by Gasteiger charge is -2.34. The molecule has 7 heteroatoms. The van der Waals surface area contributed by atoms with Crippen LogP contribution in [-0.2, 0) is 14.4 Å². The van der Waals surface area contributed by atoms with Crippen LogP contribution in [0.4, 0.5) is 10.1 Å². The molecule has 32 heavy (non-hydrogen) atoms. The minimum atomic E-state index is -0.937. The van der Waals surface area contributed by atoms with Crippen LogP contribution in [0.1, 0.15) is 77.8 Å². The Morgan fingerprint density at radius 1 is 1.16 bits per heavy atom. The quantitative estimate of drug-likeness (QED) is 0.676. The van der Waals surface area contributed by atoms with Gasteiger partial charge in [0.15, 0.2) is 0 Å². The third kappa shape index (κ3) is 7.69. The Balaban J connectivity index is 0.000000769. The fraction of sp³-hybridized carbons (Fsp3) is 0.640. The van der Waals surface area contributed by atoms with Gasteiger partial charge in [-0.15, -0.1) is 0 Å². The number of rotatable bonds is 3. The van der Waals surface area contributed by atoms with E-state index in [-0.39, 0.29) is 24.2 Å². The topological polar surface area (TPSA) is 78.5 Å². The predicted octanol–water partition coefficient (Wildman–Crippen LogP) is 4.26. The van der Waals surface area contributed by atoms with E-state index in [1.165, 1.54) is 11.8 Å². The Bertz CT molecular complexity index is 779. The first-order valence-electron chi connectivity index (χ1n) is 11.7. The lowest BCUT2D eigenvalue weighted by Crippen LogP contribution is -2.54. The van der Waals surface area contributed by atoms with E-state index in [2.05, 4.69) is 31.4 Å². The highest BCUT2D eigenvalue weighted by Crippen LogP contribution is 2.32. The number of carbonyl (C=O) groups is 3. The van der Waals surface area contributed by atoms with Gasteiger partial charge in [0, 0.05) is 31.5 Å². The number of nitrogens with one attached hydrogen (secondary N) is 2. The summed E-state index contributed by atoms with van der Waals surface area (Å²) < 4.78 is 14.2. The highest BCUT2D eigenvalue weighted by atomic mass is 19.1. The molecule has 0 bridgehead atoms. The van der Waals surface area contributed by atoms with Crippen molar-refractivity contribution >= 4 is 23.4 Å². The van der Waals surface area contributed by atoms with Gasteiger partial charge in [-0.05, 0) is 49.4 Å². The number of imide groups is 1. The molecule has 1 aromatic rings. The maximum absolute atomic E-state index is 14.2. The van der Waals surface area contributed by atoms with Gasteiger partial charge in [-0.3, -0.25) is 24.6 Å². The van der Waals surface area contributed by atoms with Crippen molar-refractivity contribution < 1.29 is 18.8 Å². The number of hydrogen-bond acceptors (Lipinski definition) is 4. The SMILES string of the molecule is CC.CC(=O)N(c1ccc(C2CCNCC2F)cc1C)C1CCC(=O)NC1=O.CC(C)C. The number of anilines is 1. The van der Waals surface area contributed by atoms with Gasteiger partial charge >= 0.3 is 0 Å². The zero-order valence-corrected chi connectivity index (χ0v) is 20.6. The van der Waals surface area contributed by atoms with Gasteiger partial charge in [-0.1, -0.05) is 46.8 Å². The van der Waals surface area contributed by atoms with Crippen molar-refractivity contribution in [3.8, 4) is 0 Å². The van der Waals surface area contributed by atoms with Crippen LogP contribution in [0.5, 0.6) is 0 Å². The van der Waals surface area contributed by atoms with Gasteiger partial charge in [0.05, 0.1) is 0 Å². The van der Waals surface area contributed by atoms with Crippen molar-refractivity contribution in [1.29, 1.82) is 0 Å². The first-order chi connectivity index (χ1) is 15.1. The van der Waals surface area contributed by atoms with Gasteiger partial charge in [-0.2, -0.15) is 0 Å². The maximum Gasteiger partial charge on any atom is 0.249 e. The van der Waals surface area contributed by atoms with Crippen LogP contribution in [0.3, 0.4) is 0 Å². The molecule has 0 aliphatic carbocycles. The van der Waals surface area contributed by atoms with E-state index < -0.39 is 18.1 Å². The summed E-state index contributed by atoms with van der Waals surface area (Å²) in [5.41, 5.74) is 2.35. The van der Waals surface area contributed by atoms with Crippen LogP contribution in [0.15, 0.2) is 18.2 Å². The second kappa shape index (κ2) is 13.3. The van der Waals surface area contributed by atoms with E-state index in [0.29, 0.717) is 18.7 Å². The van der Waals surface area contributed by atoms with Crippen LogP contribution in [-0.4, -0.2) is 43.0 Å². The van der Waals surface area contributed by atoms with Gasteiger partial charge in [0.25, 0.3) is 0 Å². The number of nitrogens with zero attached hydrogens (tertiary/aromatic N) is 1. The summed E-state index contributed by atoms with van der Waals surface area (Å²) in [4.78, 5) is 37.3. The van der Waals surface area contributed by atoms with E-state index in [1.54, 1.807) is 6.07 Å². The van der Waals surface area contributed by atoms with Crippen molar-refractivity contribution in [1.82, 2.24) is 10.6 Å². The summed E-state index contributed by atoms with van der Waals surface area (Å²) in [7, 11) is 0. The van der Waals surface area contributed by atoms with E-state index >= 15 is 0 Å². The zero-order chi connectivity index (χ0) is 24.4. The third-order valence-electron chi connectivity index (χ3n) is 5.18. The second-order valence-electron chi connectivity index (χ2n) is 8.75. The third-order valence-corrected chi connectivity index (χ3v) is 5.18. The van der Waals surface area contributed by atoms with Crippen molar-refractivity contribution in [3.63, 3.8) is 0 Å². The standard InChI is InChI=1S/C19H24FN3O3.C4H10.C2H6/c1-11-9-13(14-7-8-21-10-15(14)20)3-4-16(11)23(12(2)24)17-5-6-18(25)22-19(17)26;1-4(2)3;1-2/h3-4,9,14-15,17,21H,5-8,10H2,1-2H3,(H,22,25,26);4H,1-3H3;1-2H3. The summed E-state index contributed by atoms with van der Waals surface area (Å²) in [6.45, 7) is 14.9. The number of alkyl halides is 1. The van der Waals surface area contributed by atoms with Gasteiger partial charge < -0.3 is 5.32 Å². The highest BCUT2D eigenvalue weighted by molar-refractivity contribution is 6.06. The molecule has 2 N–H and O–H groups in total. The normalized spacial score (nSPS) is 22.7. The average molecular weight is 450 g/mol. The molecule has 2 heterocycles. The molecule has 2 aliphatic rings. The summed E-state index contributed by atoms with van der Waals surface area (Å²) in [5.74, 6) is -0.366. The van der Waals surface area contributed by atoms with E-state index in [4.69, 9.17) is 0 Å². The minimum absolute atomic E-state index is 0.162. The van der Waals surface area contributed by atoms with Crippen LogP contribution < -0.4 is 15.5 Å². The fourth-order valence-corrected chi connectivity index (χ4v) is 3.86. The maximum atomic E-state index is 14.2. The van der Waals surface area contributed by atoms with E-state index in [1.807, 2.05) is 32.9 Å². The molecule has 0 spiro atoms. The monoisotopic (exact) mass is 449 g/mol. The number of halogens is 1. The van der Waals surface area contributed by atoms with Crippen LogP contribution >= 0.6 is 0 Å². The van der Waals surface area contributed by atoms with E-state index in [9.17, 15) is 18.8 Å². The average Bonchev–Trinajstić information content (AvgIpc) is 2.72. The Morgan fingerprint density at radius 2 is 1.78 bits per heavy atom. The molecule has 0 radical (unpaired) electrons. The lowest BCUT2D eigenvalue weighted by atomic mass is 9.87. The molecule has 3 atom stereocenters. The molecule has 6 nitrogen and oxygen atoms in total. The number of benzene rings is 1. The van der Waals surface area contributed by atoms with Gasteiger partial charge in [0.1, 0.15) is 12.2 Å². The minimum Gasteiger partial charge on any atom is -0.314 e. The van der Waals surface area contributed by atoms with Crippen molar-refractivity contribution in [2.24, 2.45) is 5.92 Å². The number of hydrogen-bond donors (Lipinski definition) is 2. The van der Waals surface area contributed by atoms with Crippen molar-refractivity contribution in [3.05, 3.63) is 29.3 Å². The number of amides is 3. The molecule has 1 aromatic carbocycles. The molecule has 2 fully saturated rings. The fourth-order valence-electron chi connectivity index (χ4n) is 3.86. The summed E-state index contributed by atoms with van der Waals surface area (Å²) in [6.07, 6.45) is 0.291. The van der Waals surface area contributed by atoms with Crippen molar-refractivity contribution in [2.45, 2.75) is 85.9 Å². The first kappa shape index (κ1) is 27.8. The summed E-state index contributed by atoms with van der Waals surface area (Å²) in [5, 5.41) is 5.34. The Morgan fingerprint density at radius 3 is 2.28 bits per heavy atom. The molecule has 0 saturated carbocycles. The van der Waals surface area contributed by atoms with Crippen LogP contribution in [0.25, 0.3) is 0 Å². The molecule has 3 unspecified atom stereocenters. The highest BCUT2D eigenvalue weighted by Gasteiger charge is 2.35. The number of piperidine rings is 2. The predicted molar refractivity (Wildman–Crippen MR) is 127 cm³/mol. The largest absolute Gasteiger partial charge is 0.314 e. The second-order valence-corrected chi connectivity index (χ2v) is 8.75. The van der Waals surface area contributed by atoms with Gasteiger partial charge in [0.2, 0.25) is 17.7 Å². The van der Waals surface area contributed by atoms with E-state index in [0.717, 1.165) is 30.0 Å².